The molecule has 16 heavy (non-hydrogen) atoms. The van der Waals surface area contributed by atoms with Gasteiger partial charge >= 0.3 is 0 Å². The number of rotatable bonds is 3. The summed E-state index contributed by atoms with van der Waals surface area (Å²) in [5, 5.41) is 9.02. The molecule has 4 heteroatoms. The molecule has 0 radical (unpaired) electrons. The molecule has 0 atom stereocenters. The molecule has 0 aliphatic rings. The van der Waals surface area contributed by atoms with Gasteiger partial charge in [0.25, 0.3) is 0 Å². The van der Waals surface area contributed by atoms with Crippen molar-refractivity contribution in [2.45, 2.75) is 13.5 Å². The lowest BCUT2D eigenvalue weighted by Gasteiger charge is -1.99. The highest BCUT2D eigenvalue weighted by Crippen LogP contribution is 2.23. The van der Waals surface area contributed by atoms with E-state index in [1.165, 1.54) is 0 Å². The average molecular weight is 219 g/mol. The van der Waals surface area contributed by atoms with Gasteiger partial charge in [0, 0.05) is 5.56 Å². The molecule has 1 aromatic heterocycles. The van der Waals surface area contributed by atoms with E-state index >= 15 is 0 Å². The molecule has 0 saturated heterocycles. The molecule has 0 fully saturated rings. The van der Waals surface area contributed by atoms with E-state index in [1.54, 1.807) is 14.0 Å². The zero-order valence-corrected chi connectivity index (χ0v) is 9.23. The minimum atomic E-state index is -0.106. The van der Waals surface area contributed by atoms with Crippen molar-refractivity contribution in [1.29, 1.82) is 0 Å². The standard InChI is InChI=1S/C12H13NO3/c1-8-11(7-14)13-12(16-8)9-3-5-10(15-2)6-4-9/h3-6,14H,7H2,1-2H3. The first-order valence-corrected chi connectivity index (χ1v) is 4.96. The van der Waals surface area contributed by atoms with Crippen molar-refractivity contribution in [3.05, 3.63) is 35.7 Å². The van der Waals surface area contributed by atoms with Gasteiger partial charge in [0.05, 0.1) is 13.7 Å². The molecule has 0 unspecified atom stereocenters. The van der Waals surface area contributed by atoms with Crippen molar-refractivity contribution in [1.82, 2.24) is 4.98 Å². The largest absolute Gasteiger partial charge is 0.497 e. The molecule has 0 amide bonds. The Morgan fingerprint density at radius 3 is 2.50 bits per heavy atom. The SMILES string of the molecule is COc1ccc(-c2nc(CO)c(C)o2)cc1. The van der Waals surface area contributed by atoms with Gasteiger partial charge in [-0.15, -0.1) is 0 Å². The minimum absolute atomic E-state index is 0.106. The number of hydrogen-bond donors (Lipinski definition) is 1. The third kappa shape index (κ3) is 1.92. The van der Waals surface area contributed by atoms with Crippen LogP contribution in [-0.4, -0.2) is 17.2 Å². The average Bonchev–Trinajstić information content (AvgIpc) is 2.71. The van der Waals surface area contributed by atoms with E-state index in [9.17, 15) is 0 Å². The Balaban J connectivity index is 2.34. The number of ether oxygens (including phenoxy) is 1. The summed E-state index contributed by atoms with van der Waals surface area (Å²) in [6.45, 7) is 1.68. The lowest BCUT2D eigenvalue weighted by Crippen LogP contribution is -1.85. The number of hydrogen-bond acceptors (Lipinski definition) is 4. The Morgan fingerprint density at radius 2 is 2.00 bits per heavy atom. The van der Waals surface area contributed by atoms with Gasteiger partial charge in [0.1, 0.15) is 17.2 Å². The van der Waals surface area contributed by atoms with Crippen LogP contribution in [0, 0.1) is 6.92 Å². The van der Waals surface area contributed by atoms with Crippen LogP contribution >= 0.6 is 0 Å². The van der Waals surface area contributed by atoms with Crippen LogP contribution in [0.2, 0.25) is 0 Å². The van der Waals surface area contributed by atoms with Crippen LogP contribution in [0.1, 0.15) is 11.5 Å². The van der Waals surface area contributed by atoms with Gasteiger partial charge in [-0.2, -0.15) is 0 Å². The molecule has 0 spiro atoms. The molecule has 1 N–H and O–H groups in total. The lowest BCUT2D eigenvalue weighted by atomic mass is 10.2. The molecule has 2 aromatic rings. The first kappa shape index (κ1) is 10.7. The van der Waals surface area contributed by atoms with Crippen LogP contribution in [0.15, 0.2) is 28.7 Å². The molecular weight excluding hydrogens is 206 g/mol. The van der Waals surface area contributed by atoms with Gasteiger partial charge in [0.15, 0.2) is 0 Å². The Labute approximate surface area is 93.5 Å². The molecule has 2 rings (SSSR count). The van der Waals surface area contributed by atoms with Crippen LogP contribution in [-0.2, 0) is 6.61 Å². The topological polar surface area (TPSA) is 55.5 Å². The molecule has 0 bridgehead atoms. The fourth-order valence-corrected chi connectivity index (χ4v) is 1.43. The van der Waals surface area contributed by atoms with Crippen LogP contribution in [0.3, 0.4) is 0 Å². The van der Waals surface area contributed by atoms with Gasteiger partial charge in [-0.1, -0.05) is 0 Å². The minimum Gasteiger partial charge on any atom is -0.497 e. The highest BCUT2D eigenvalue weighted by molar-refractivity contribution is 5.55. The summed E-state index contributed by atoms with van der Waals surface area (Å²) in [4.78, 5) is 4.20. The highest BCUT2D eigenvalue weighted by atomic mass is 16.5. The molecule has 4 nitrogen and oxygen atoms in total. The molecular formula is C12H13NO3. The van der Waals surface area contributed by atoms with Crippen molar-refractivity contribution in [3.63, 3.8) is 0 Å². The van der Waals surface area contributed by atoms with E-state index in [0.717, 1.165) is 11.3 Å². The first-order chi connectivity index (χ1) is 7.74. The van der Waals surface area contributed by atoms with Crippen LogP contribution < -0.4 is 4.74 Å². The Hall–Kier alpha value is -1.81. The van der Waals surface area contributed by atoms with E-state index in [4.69, 9.17) is 14.3 Å². The number of aromatic nitrogens is 1. The maximum absolute atomic E-state index is 9.02. The zero-order valence-electron chi connectivity index (χ0n) is 9.23. The second kappa shape index (κ2) is 4.37. The Morgan fingerprint density at radius 1 is 1.31 bits per heavy atom. The summed E-state index contributed by atoms with van der Waals surface area (Å²) in [6, 6.07) is 7.41. The third-order valence-corrected chi connectivity index (χ3v) is 2.38. The predicted molar refractivity (Wildman–Crippen MR) is 59.2 cm³/mol. The molecule has 0 saturated carbocycles. The fraction of sp³-hybridized carbons (Fsp3) is 0.250. The van der Waals surface area contributed by atoms with E-state index in [2.05, 4.69) is 4.98 Å². The normalized spacial score (nSPS) is 10.4. The molecule has 0 aliphatic heterocycles. The molecule has 1 aromatic carbocycles. The molecule has 84 valence electrons. The number of oxazole rings is 1. The van der Waals surface area contributed by atoms with Crippen LogP contribution in [0.4, 0.5) is 0 Å². The zero-order chi connectivity index (χ0) is 11.5. The van der Waals surface area contributed by atoms with Crippen molar-refractivity contribution < 1.29 is 14.3 Å². The third-order valence-electron chi connectivity index (χ3n) is 2.38. The monoisotopic (exact) mass is 219 g/mol. The quantitative estimate of drug-likeness (QED) is 0.859. The highest BCUT2D eigenvalue weighted by Gasteiger charge is 2.10. The molecule has 0 aliphatic carbocycles. The number of aliphatic hydroxyl groups is 1. The maximum Gasteiger partial charge on any atom is 0.226 e. The van der Waals surface area contributed by atoms with Crippen molar-refractivity contribution in [3.8, 4) is 17.2 Å². The van der Waals surface area contributed by atoms with Gasteiger partial charge in [-0.3, -0.25) is 0 Å². The van der Waals surface area contributed by atoms with Crippen LogP contribution in [0.25, 0.3) is 11.5 Å². The van der Waals surface area contributed by atoms with Crippen molar-refractivity contribution in [2.75, 3.05) is 7.11 Å². The van der Waals surface area contributed by atoms with Gasteiger partial charge in [-0.05, 0) is 31.2 Å². The summed E-state index contributed by atoms with van der Waals surface area (Å²) >= 11 is 0. The molecule has 1 heterocycles. The number of aliphatic hydroxyl groups excluding tert-OH is 1. The smallest absolute Gasteiger partial charge is 0.226 e. The lowest BCUT2D eigenvalue weighted by molar-refractivity contribution is 0.275. The van der Waals surface area contributed by atoms with Gasteiger partial charge in [-0.25, -0.2) is 4.98 Å². The number of methoxy groups -OCH3 is 1. The van der Waals surface area contributed by atoms with E-state index in [0.29, 0.717) is 17.3 Å². The van der Waals surface area contributed by atoms with Crippen LogP contribution in [0.5, 0.6) is 5.75 Å². The van der Waals surface area contributed by atoms with Crippen molar-refractivity contribution in [2.24, 2.45) is 0 Å². The Kier molecular flexibility index (Phi) is 2.92. The van der Waals surface area contributed by atoms with Gasteiger partial charge < -0.3 is 14.3 Å². The van der Waals surface area contributed by atoms with Crippen molar-refractivity contribution >= 4 is 0 Å². The summed E-state index contributed by atoms with van der Waals surface area (Å²) in [5.41, 5.74) is 1.44. The van der Waals surface area contributed by atoms with Gasteiger partial charge in [0.2, 0.25) is 5.89 Å². The number of aryl methyl sites for hydroxylation is 1. The van der Waals surface area contributed by atoms with E-state index < -0.39 is 0 Å². The van der Waals surface area contributed by atoms with E-state index in [-0.39, 0.29) is 6.61 Å². The second-order valence-electron chi connectivity index (χ2n) is 3.41. The summed E-state index contributed by atoms with van der Waals surface area (Å²) in [6.07, 6.45) is 0. The summed E-state index contributed by atoms with van der Waals surface area (Å²) in [5.74, 6) is 1.95. The summed E-state index contributed by atoms with van der Waals surface area (Å²) < 4.78 is 10.5. The number of nitrogens with zero attached hydrogens (tertiary/aromatic N) is 1. The second-order valence-corrected chi connectivity index (χ2v) is 3.41. The Bertz CT molecular complexity index is 474. The predicted octanol–water partition coefficient (Wildman–Crippen LogP) is 2.15. The maximum atomic E-state index is 9.02. The summed E-state index contributed by atoms with van der Waals surface area (Å²) in [7, 11) is 1.62. The van der Waals surface area contributed by atoms with E-state index in [1.807, 2.05) is 24.3 Å². The number of benzene rings is 1. The first-order valence-electron chi connectivity index (χ1n) is 4.96. The fourth-order valence-electron chi connectivity index (χ4n) is 1.43.